The van der Waals surface area contributed by atoms with Gasteiger partial charge in [0.05, 0.1) is 0 Å². The molecule has 1 saturated carbocycles. The maximum atomic E-state index is 11.3. The Bertz CT molecular complexity index is 215. The molecular weight excluding hydrogens is 136 g/mol. The van der Waals surface area contributed by atoms with E-state index >= 15 is 0 Å². The average molecular weight is 150 g/mol. The molecule has 1 nitrogen and oxygen atoms in total. The average Bonchev–Trinajstić information content (AvgIpc) is 2.20. The molecule has 0 spiro atoms. The van der Waals surface area contributed by atoms with E-state index in [9.17, 15) is 4.79 Å². The summed E-state index contributed by atoms with van der Waals surface area (Å²) in [4.78, 5) is 11.3. The zero-order valence-corrected chi connectivity index (χ0v) is 6.97. The third kappa shape index (κ3) is 0.943. The summed E-state index contributed by atoms with van der Waals surface area (Å²) < 4.78 is 0. The summed E-state index contributed by atoms with van der Waals surface area (Å²) in [6, 6.07) is 0. The van der Waals surface area contributed by atoms with Crippen molar-refractivity contribution in [1.29, 1.82) is 0 Å². The number of hydrogen-bond donors (Lipinski definition) is 0. The van der Waals surface area contributed by atoms with Crippen LogP contribution in [0.25, 0.3) is 0 Å². The molecule has 0 aromatic carbocycles. The van der Waals surface area contributed by atoms with Crippen LogP contribution < -0.4 is 0 Å². The summed E-state index contributed by atoms with van der Waals surface area (Å²) in [7, 11) is 0. The Hall–Kier alpha value is -0.590. The van der Waals surface area contributed by atoms with Crippen molar-refractivity contribution in [2.45, 2.75) is 32.6 Å². The largest absolute Gasteiger partial charge is 0.299 e. The van der Waals surface area contributed by atoms with Crippen molar-refractivity contribution in [2.75, 3.05) is 0 Å². The summed E-state index contributed by atoms with van der Waals surface area (Å²) in [5, 5.41) is 0. The minimum absolute atomic E-state index is 0.370. The van der Waals surface area contributed by atoms with Crippen molar-refractivity contribution in [3.63, 3.8) is 0 Å². The molecule has 0 aliphatic heterocycles. The SMILES string of the molecule is CCCC1=C[C@H]2CCC(=O)[C@@H]12. The lowest BCUT2D eigenvalue weighted by molar-refractivity contribution is -0.120. The normalized spacial score (nSPS) is 34.6. The Labute approximate surface area is 67.5 Å². The number of carbonyl (C=O) groups excluding carboxylic acids is 1. The molecule has 2 aliphatic carbocycles. The van der Waals surface area contributed by atoms with Gasteiger partial charge in [0.1, 0.15) is 5.78 Å². The smallest absolute Gasteiger partial charge is 0.140 e. The molecule has 0 radical (unpaired) electrons. The van der Waals surface area contributed by atoms with Crippen LogP contribution in [-0.2, 0) is 4.79 Å². The first-order valence-electron chi connectivity index (χ1n) is 4.56. The van der Waals surface area contributed by atoms with Crippen molar-refractivity contribution in [1.82, 2.24) is 0 Å². The minimum Gasteiger partial charge on any atom is -0.299 e. The molecular formula is C10H14O. The van der Waals surface area contributed by atoms with Crippen LogP contribution in [0.15, 0.2) is 11.6 Å². The van der Waals surface area contributed by atoms with Crippen LogP contribution >= 0.6 is 0 Å². The van der Waals surface area contributed by atoms with Gasteiger partial charge in [-0.2, -0.15) is 0 Å². The van der Waals surface area contributed by atoms with E-state index in [-0.39, 0.29) is 0 Å². The Balaban J connectivity index is 2.06. The first-order chi connectivity index (χ1) is 5.33. The molecule has 60 valence electrons. The summed E-state index contributed by atoms with van der Waals surface area (Å²) in [5.74, 6) is 1.51. The lowest BCUT2D eigenvalue weighted by atomic mass is 9.75. The fourth-order valence-corrected chi connectivity index (χ4v) is 2.32. The molecule has 0 amide bonds. The van der Waals surface area contributed by atoms with Crippen molar-refractivity contribution in [3.8, 4) is 0 Å². The van der Waals surface area contributed by atoms with Gasteiger partial charge in [-0.3, -0.25) is 4.79 Å². The highest BCUT2D eigenvalue weighted by atomic mass is 16.1. The van der Waals surface area contributed by atoms with Gasteiger partial charge in [-0.25, -0.2) is 0 Å². The highest BCUT2D eigenvalue weighted by Crippen LogP contribution is 2.45. The molecule has 2 rings (SSSR count). The first kappa shape index (κ1) is 7.08. The van der Waals surface area contributed by atoms with Crippen LogP contribution in [0.2, 0.25) is 0 Å². The zero-order chi connectivity index (χ0) is 7.84. The van der Waals surface area contributed by atoms with E-state index in [1.54, 1.807) is 0 Å². The van der Waals surface area contributed by atoms with E-state index in [0.29, 0.717) is 17.6 Å². The summed E-state index contributed by atoms with van der Waals surface area (Å²) in [5.41, 5.74) is 1.43. The number of ketones is 1. The number of allylic oxidation sites excluding steroid dienone is 2. The van der Waals surface area contributed by atoms with Crippen molar-refractivity contribution < 1.29 is 4.79 Å². The molecule has 1 heteroatoms. The Morgan fingerprint density at radius 2 is 2.45 bits per heavy atom. The van der Waals surface area contributed by atoms with Gasteiger partial charge < -0.3 is 0 Å². The number of Topliss-reactive ketones (excluding diaryl/α,β-unsaturated/α-hetero) is 1. The van der Waals surface area contributed by atoms with E-state index in [1.165, 1.54) is 12.0 Å². The topological polar surface area (TPSA) is 17.1 Å². The molecule has 11 heavy (non-hydrogen) atoms. The molecule has 0 aromatic rings. The molecule has 2 atom stereocenters. The third-order valence-electron chi connectivity index (χ3n) is 2.87. The van der Waals surface area contributed by atoms with E-state index in [0.717, 1.165) is 19.3 Å². The second kappa shape index (κ2) is 2.47. The van der Waals surface area contributed by atoms with E-state index in [2.05, 4.69) is 13.0 Å². The standard InChI is InChI=1S/C10H14O/c1-2-3-7-6-8-4-5-9(11)10(7)8/h6,8,10H,2-5H2,1H3/t8-,10+/m1/s1. The third-order valence-corrected chi connectivity index (χ3v) is 2.87. The first-order valence-corrected chi connectivity index (χ1v) is 4.56. The predicted octanol–water partition coefficient (Wildman–Crippen LogP) is 2.32. The summed E-state index contributed by atoms with van der Waals surface area (Å²) in [6.07, 6.45) is 6.60. The highest BCUT2D eigenvalue weighted by molar-refractivity contribution is 5.88. The van der Waals surface area contributed by atoms with Crippen LogP contribution in [0, 0.1) is 11.8 Å². The van der Waals surface area contributed by atoms with E-state index < -0.39 is 0 Å². The van der Waals surface area contributed by atoms with Gasteiger partial charge in [0.25, 0.3) is 0 Å². The minimum atomic E-state index is 0.370. The van der Waals surface area contributed by atoms with Crippen molar-refractivity contribution in [2.24, 2.45) is 11.8 Å². The Kier molecular flexibility index (Phi) is 1.59. The Morgan fingerprint density at radius 1 is 1.64 bits per heavy atom. The van der Waals surface area contributed by atoms with Gasteiger partial charge >= 0.3 is 0 Å². The fraction of sp³-hybridized carbons (Fsp3) is 0.700. The van der Waals surface area contributed by atoms with Crippen molar-refractivity contribution in [3.05, 3.63) is 11.6 Å². The predicted molar refractivity (Wildman–Crippen MR) is 44.2 cm³/mol. The Morgan fingerprint density at radius 3 is 3.09 bits per heavy atom. The van der Waals surface area contributed by atoms with Crippen LogP contribution in [0.5, 0.6) is 0 Å². The molecule has 1 fully saturated rings. The van der Waals surface area contributed by atoms with Gasteiger partial charge in [0.15, 0.2) is 0 Å². The summed E-state index contributed by atoms with van der Waals surface area (Å²) in [6.45, 7) is 2.17. The lowest BCUT2D eigenvalue weighted by Gasteiger charge is -2.28. The molecule has 0 aromatic heterocycles. The molecule has 0 heterocycles. The van der Waals surface area contributed by atoms with Crippen LogP contribution in [0.4, 0.5) is 0 Å². The molecule has 0 unspecified atom stereocenters. The van der Waals surface area contributed by atoms with Crippen LogP contribution in [-0.4, -0.2) is 5.78 Å². The van der Waals surface area contributed by atoms with Gasteiger partial charge in [0.2, 0.25) is 0 Å². The molecule has 0 bridgehead atoms. The molecule has 0 N–H and O–H groups in total. The summed E-state index contributed by atoms with van der Waals surface area (Å²) >= 11 is 0. The number of rotatable bonds is 2. The molecule has 0 saturated heterocycles. The highest BCUT2D eigenvalue weighted by Gasteiger charge is 2.41. The van der Waals surface area contributed by atoms with Gasteiger partial charge in [-0.05, 0) is 18.8 Å². The van der Waals surface area contributed by atoms with E-state index in [4.69, 9.17) is 0 Å². The monoisotopic (exact) mass is 150 g/mol. The van der Waals surface area contributed by atoms with Crippen LogP contribution in [0.3, 0.4) is 0 Å². The maximum absolute atomic E-state index is 11.3. The van der Waals surface area contributed by atoms with Crippen molar-refractivity contribution >= 4 is 5.78 Å². The second-order valence-corrected chi connectivity index (χ2v) is 3.64. The quantitative estimate of drug-likeness (QED) is 0.552. The van der Waals surface area contributed by atoms with Crippen LogP contribution in [0.1, 0.15) is 32.6 Å². The zero-order valence-electron chi connectivity index (χ0n) is 6.97. The number of hydrogen-bond acceptors (Lipinski definition) is 1. The van der Waals surface area contributed by atoms with Gasteiger partial charge in [-0.1, -0.05) is 25.0 Å². The number of carbonyl (C=O) groups is 1. The van der Waals surface area contributed by atoms with E-state index in [1.807, 2.05) is 0 Å². The van der Waals surface area contributed by atoms with Gasteiger partial charge in [0, 0.05) is 12.3 Å². The van der Waals surface area contributed by atoms with Gasteiger partial charge in [-0.15, -0.1) is 0 Å². The number of fused-ring (bicyclic) bond motifs is 1. The fourth-order valence-electron chi connectivity index (χ4n) is 2.32. The lowest BCUT2D eigenvalue weighted by Crippen LogP contribution is -2.24. The maximum Gasteiger partial charge on any atom is 0.140 e. The second-order valence-electron chi connectivity index (χ2n) is 3.64. The molecule has 2 aliphatic rings.